The average Bonchev–Trinajstić information content (AvgIpc) is 0.918. The van der Waals surface area contributed by atoms with Crippen LogP contribution in [0.5, 0.6) is 0 Å². The molecule has 0 aliphatic carbocycles. The van der Waals surface area contributed by atoms with Gasteiger partial charge in [0.1, 0.15) is 0 Å². The van der Waals surface area contributed by atoms with Gasteiger partial charge in [-0.15, -0.1) is 4.91 Å². The first kappa shape index (κ1) is 8.96. The van der Waals surface area contributed by atoms with Gasteiger partial charge in [0.05, 0.1) is 0 Å². The fourth-order valence-electron chi connectivity index (χ4n) is 0. The summed E-state index contributed by atoms with van der Waals surface area (Å²) in [7, 11) is 0. The summed E-state index contributed by atoms with van der Waals surface area (Å²) in [5, 5.41) is 7.89. The van der Waals surface area contributed by atoms with Crippen molar-refractivity contribution in [3.05, 3.63) is 4.91 Å². The van der Waals surface area contributed by atoms with E-state index in [4.69, 9.17) is 10.1 Å². The van der Waals surface area contributed by atoms with Crippen LogP contribution < -0.4 is 0 Å². The van der Waals surface area contributed by atoms with E-state index in [1.807, 2.05) is 0 Å². The quantitative estimate of drug-likeness (QED) is 0.365. The number of hydrogen-bond acceptors (Lipinski definition) is 2. The van der Waals surface area contributed by atoms with Crippen molar-refractivity contribution in [1.82, 2.24) is 0 Å². The molecular weight excluding hydrogens is 131 g/mol. The third-order valence-corrected chi connectivity index (χ3v) is 0. The van der Waals surface area contributed by atoms with Crippen LogP contribution in [-0.4, -0.2) is 63.4 Å². The first-order valence-electron chi connectivity index (χ1n) is 0.383. The first-order chi connectivity index (χ1) is 1.41. The van der Waals surface area contributed by atoms with E-state index in [1.165, 1.54) is 5.34 Å². The van der Waals surface area contributed by atoms with Gasteiger partial charge >= 0.3 is 0 Å². The standard InChI is InChI=1S/HNO2.Rb/c2-1-3;/h(H,2,3);. The third kappa shape index (κ3) is 10.7. The largest absolute Gasteiger partial charge is 0.379 e. The van der Waals surface area contributed by atoms with Crippen LogP contribution in [0.2, 0.25) is 0 Å². The predicted molar refractivity (Wildman–Crippen MR) is 13.3 cm³/mol. The molecule has 0 saturated heterocycles. The maximum absolute atomic E-state index is 8.11. The molecule has 4 heavy (non-hydrogen) atoms. The normalized spacial score (nSPS) is 3.00. The van der Waals surface area contributed by atoms with Crippen molar-refractivity contribution >= 4 is 58.2 Å². The van der Waals surface area contributed by atoms with Crippen LogP contribution in [0.15, 0.2) is 5.34 Å². The molecule has 0 aromatic heterocycles. The Balaban J connectivity index is 0. The zero-order valence-corrected chi connectivity index (χ0v) is 7.22. The van der Waals surface area contributed by atoms with Gasteiger partial charge in [0, 0.05) is 58.2 Å². The smallest absolute Gasteiger partial charge is 0.152 e. The van der Waals surface area contributed by atoms with Crippen LogP contribution in [0.25, 0.3) is 0 Å². The van der Waals surface area contributed by atoms with Crippen molar-refractivity contribution in [2.24, 2.45) is 5.34 Å². The Hall–Kier alpha value is 1.21. The maximum Gasteiger partial charge on any atom is 0.152 e. The molecule has 0 fully saturated rings. The average molecular weight is 132 g/mol. The minimum atomic E-state index is 0. The Morgan fingerprint density at radius 2 is 1.75 bits per heavy atom. The predicted octanol–water partition coefficient (Wildman–Crippen LogP) is -0.239. The molecular formula is HNO2Rb. The molecule has 19 valence electrons. The summed E-state index contributed by atoms with van der Waals surface area (Å²) in [6, 6.07) is 0. The van der Waals surface area contributed by atoms with E-state index in [1.54, 1.807) is 0 Å². The number of nitrogens with zero attached hydrogens (tertiary/aromatic N) is 1. The van der Waals surface area contributed by atoms with E-state index >= 15 is 0 Å². The van der Waals surface area contributed by atoms with Crippen molar-refractivity contribution in [2.75, 3.05) is 0 Å². The van der Waals surface area contributed by atoms with E-state index < -0.39 is 0 Å². The van der Waals surface area contributed by atoms with Gasteiger partial charge in [-0.2, -0.15) is 0 Å². The molecule has 0 spiro atoms. The van der Waals surface area contributed by atoms with Crippen LogP contribution in [0, 0.1) is 4.91 Å². The monoisotopic (exact) mass is 132 g/mol. The summed E-state index contributed by atoms with van der Waals surface area (Å²) in [5.74, 6) is 0. The Labute approximate surface area is 72.1 Å². The topological polar surface area (TPSA) is 49.7 Å². The molecule has 0 aromatic carbocycles. The van der Waals surface area contributed by atoms with Gasteiger partial charge in [0.25, 0.3) is 0 Å². The van der Waals surface area contributed by atoms with Crippen molar-refractivity contribution in [3.63, 3.8) is 0 Å². The summed E-state index contributed by atoms with van der Waals surface area (Å²) >= 11 is 0. The van der Waals surface area contributed by atoms with Crippen LogP contribution in [0.3, 0.4) is 0 Å². The van der Waals surface area contributed by atoms with Crippen molar-refractivity contribution in [3.8, 4) is 0 Å². The third-order valence-electron chi connectivity index (χ3n) is 0. The van der Waals surface area contributed by atoms with Crippen LogP contribution in [0.1, 0.15) is 0 Å². The van der Waals surface area contributed by atoms with Gasteiger partial charge in [-0.25, -0.2) is 0 Å². The fraction of sp³-hybridized carbons (Fsp3) is 0. The molecule has 0 amide bonds. The molecule has 3 nitrogen and oxygen atoms in total. The number of rotatable bonds is 0. The fourth-order valence-corrected chi connectivity index (χ4v) is 0. The van der Waals surface area contributed by atoms with E-state index in [0.29, 0.717) is 0 Å². The molecule has 0 unspecified atom stereocenters. The molecule has 1 N–H and O–H groups in total. The van der Waals surface area contributed by atoms with Gasteiger partial charge < -0.3 is 5.21 Å². The Morgan fingerprint density at radius 3 is 1.75 bits per heavy atom. The summed E-state index contributed by atoms with van der Waals surface area (Å²) < 4.78 is 0. The van der Waals surface area contributed by atoms with Crippen molar-refractivity contribution in [2.45, 2.75) is 0 Å². The SMILES string of the molecule is O=NO.[Rb]. The maximum atomic E-state index is 8.11. The van der Waals surface area contributed by atoms with Gasteiger partial charge in [0.2, 0.25) is 0 Å². The van der Waals surface area contributed by atoms with Crippen molar-refractivity contribution < 1.29 is 5.21 Å². The molecule has 0 heterocycles. The van der Waals surface area contributed by atoms with E-state index in [-0.39, 0.29) is 58.2 Å². The van der Waals surface area contributed by atoms with Crippen LogP contribution >= 0.6 is 0 Å². The molecule has 0 atom stereocenters. The summed E-state index contributed by atoms with van der Waals surface area (Å²) in [6.07, 6.45) is 0. The summed E-state index contributed by atoms with van der Waals surface area (Å²) in [5.41, 5.74) is 0. The number of hydrogen-bond donors (Lipinski definition) is 1. The Morgan fingerprint density at radius 1 is 1.75 bits per heavy atom. The zero-order valence-electron chi connectivity index (χ0n) is 2.30. The minimum Gasteiger partial charge on any atom is -0.379 e. The second kappa shape index (κ2) is 8.88. The molecule has 0 aliphatic rings. The summed E-state index contributed by atoms with van der Waals surface area (Å²) in [4.78, 5) is 8.11. The van der Waals surface area contributed by atoms with Gasteiger partial charge in [-0.05, 0) is 0 Å². The van der Waals surface area contributed by atoms with E-state index in [2.05, 4.69) is 0 Å². The molecule has 1 radical (unpaired) electrons. The van der Waals surface area contributed by atoms with Gasteiger partial charge in [0.15, 0.2) is 5.34 Å². The molecule has 0 aliphatic heterocycles. The van der Waals surface area contributed by atoms with Gasteiger partial charge in [-0.1, -0.05) is 0 Å². The second-order valence-corrected chi connectivity index (χ2v) is 0.0816. The molecule has 0 rings (SSSR count). The minimum absolute atomic E-state index is 0. The second-order valence-electron chi connectivity index (χ2n) is 0.0816. The first-order valence-corrected chi connectivity index (χ1v) is 0.383. The summed E-state index contributed by atoms with van der Waals surface area (Å²) in [6.45, 7) is 0. The zero-order chi connectivity index (χ0) is 2.71. The van der Waals surface area contributed by atoms with E-state index in [9.17, 15) is 0 Å². The molecule has 0 aromatic rings. The Kier molecular flexibility index (Phi) is 19.9. The Bertz CT molecular complexity index is 13.5. The van der Waals surface area contributed by atoms with Crippen LogP contribution in [0.4, 0.5) is 0 Å². The van der Waals surface area contributed by atoms with Crippen LogP contribution in [-0.2, 0) is 0 Å². The molecule has 0 saturated carbocycles. The molecule has 4 heteroatoms. The van der Waals surface area contributed by atoms with Gasteiger partial charge in [-0.3, -0.25) is 0 Å². The van der Waals surface area contributed by atoms with Crippen molar-refractivity contribution in [1.29, 1.82) is 0 Å². The molecule has 0 bridgehead atoms. The van der Waals surface area contributed by atoms with E-state index in [0.717, 1.165) is 0 Å².